The van der Waals surface area contributed by atoms with Gasteiger partial charge in [0.1, 0.15) is 0 Å². The largest absolute Gasteiger partial charge is 0.419 e. The van der Waals surface area contributed by atoms with E-state index in [1.807, 2.05) is 6.07 Å². The maximum Gasteiger partial charge on any atom is 0.247 e. The Bertz CT molecular complexity index is 275. The summed E-state index contributed by atoms with van der Waals surface area (Å²) in [6.45, 7) is 2.22. The van der Waals surface area contributed by atoms with E-state index < -0.39 is 0 Å². The molecule has 0 aliphatic rings. The minimum atomic E-state index is 0.114. The maximum atomic E-state index is 5.29. The Balaban J connectivity index is 2.66. The fraction of sp³-hybridized carbons (Fsp3) is 0.400. The van der Waals surface area contributed by atoms with Gasteiger partial charge in [-0.15, -0.1) is 0 Å². The van der Waals surface area contributed by atoms with Gasteiger partial charge in [0.2, 0.25) is 9.76 Å². The summed E-state index contributed by atoms with van der Waals surface area (Å²) in [4.78, 5) is 0. The second kappa shape index (κ2) is 6.91. The Hall–Kier alpha value is 0.447. The summed E-state index contributed by atoms with van der Waals surface area (Å²) in [5.41, 5.74) is 1.35. The quantitative estimate of drug-likeness (QED) is 0.484. The molecule has 0 saturated heterocycles. The molecule has 82 valence electrons. The zero-order valence-corrected chi connectivity index (χ0v) is 12.3. The van der Waals surface area contributed by atoms with Crippen molar-refractivity contribution in [2.24, 2.45) is 0 Å². The Morgan fingerprint density at radius 3 is 2.60 bits per heavy atom. The first-order valence-electron chi connectivity index (χ1n) is 4.53. The Labute approximate surface area is 107 Å². The van der Waals surface area contributed by atoms with Crippen LogP contribution in [0.25, 0.3) is 0 Å². The fourth-order valence-corrected chi connectivity index (χ4v) is 6.31. The van der Waals surface area contributed by atoms with Crippen LogP contribution in [0.15, 0.2) is 30.3 Å². The van der Waals surface area contributed by atoms with Crippen molar-refractivity contribution in [2.45, 2.75) is 17.7 Å². The van der Waals surface area contributed by atoms with E-state index in [0.29, 0.717) is 9.76 Å². The molecule has 1 nitrogen and oxygen atoms in total. The third-order valence-electron chi connectivity index (χ3n) is 1.92. The van der Waals surface area contributed by atoms with Crippen LogP contribution in [0.2, 0.25) is 0 Å². The first-order valence-corrected chi connectivity index (χ1v) is 8.64. The molecule has 0 N–H and O–H groups in total. The highest BCUT2D eigenvalue weighted by Crippen LogP contribution is 2.39. The fourth-order valence-electron chi connectivity index (χ4n) is 1.37. The summed E-state index contributed by atoms with van der Waals surface area (Å²) in [6, 6.07) is 10.5. The summed E-state index contributed by atoms with van der Waals surface area (Å²) >= 11 is 4.20. The van der Waals surface area contributed by atoms with Gasteiger partial charge in [0.25, 0.3) is 0 Å². The van der Waals surface area contributed by atoms with Crippen LogP contribution in [-0.2, 0) is 10.8 Å². The van der Waals surface area contributed by atoms with E-state index in [-0.39, 0.29) is 4.37 Å². The maximum absolute atomic E-state index is 5.29. The van der Waals surface area contributed by atoms with E-state index in [2.05, 4.69) is 42.9 Å². The van der Waals surface area contributed by atoms with Crippen LogP contribution in [0, 0.1) is 0 Å². The van der Waals surface area contributed by atoms with Crippen LogP contribution >= 0.6 is 32.3 Å². The molecule has 0 heterocycles. The highest BCUT2D eigenvalue weighted by molar-refractivity contribution is 9.05. The lowest BCUT2D eigenvalue weighted by atomic mass is 10.1. The van der Waals surface area contributed by atoms with E-state index >= 15 is 0 Å². The third-order valence-corrected chi connectivity index (χ3v) is 6.32. The van der Waals surface area contributed by atoms with E-state index in [4.69, 9.17) is 4.43 Å². The molecule has 0 bridgehead atoms. The highest BCUT2D eigenvalue weighted by Gasteiger charge is 2.27. The van der Waals surface area contributed by atoms with E-state index in [1.54, 1.807) is 17.9 Å². The van der Waals surface area contributed by atoms with Crippen molar-refractivity contribution in [3.8, 4) is 0 Å². The van der Waals surface area contributed by atoms with Gasteiger partial charge in [-0.1, -0.05) is 52.8 Å². The van der Waals surface area contributed by atoms with E-state index in [1.165, 1.54) is 15.4 Å². The summed E-state index contributed by atoms with van der Waals surface area (Å²) in [7, 11) is 5.51. The van der Waals surface area contributed by atoms with Crippen LogP contribution < -0.4 is 0 Å². The molecule has 0 aromatic heterocycles. The van der Waals surface area contributed by atoms with Crippen molar-refractivity contribution < 1.29 is 4.43 Å². The molecule has 2 radical (unpaired) electrons. The predicted molar refractivity (Wildman–Crippen MR) is 75.5 cm³/mol. The SMILES string of the molecule is CO[Si]C(C)(Cc1ccccc1)SSS. The van der Waals surface area contributed by atoms with Gasteiger partial charge in [0.15, 0.2) is 0 Å². The minimum absolute atomic E-state index is 0.114. The topological polar surface area (TPSA) is 9.23 Å². The van der Waals surface area contributed by atoms with E-state index in [9.17, 15) is 0 Å². The second-order valence-electron chi connectivity index (χ2n) is 3.36. The smallest absolute Gasteiger partial charge is 0.247 e. The molecular weight excluding hydrogens is 260 g/mol. The van der Waals surface area contributed by atoms with E-state index in [0.717, 1.165) is 6.42 Å². The summed E-state index contributed by atoms with van der Waals surface area (Å²) in [6.07, 6.45) is 1.01. The Morgan fingerprint density at radius 2 is 2.07 bits per heavy atom. The Kier molecular flexibility index (Phi) is 6.22. The van der Waals surface area contributed by atoms with Gasteiger partial charge < -0.3 is 4.43 Å². The highest BCUT2D eigenvalue weighted by atomic mass is 33.5. The molecule has 1 atom stereocenters. The molecule has 0 fully saturated rings. The first-order chi connectivity index (χ1) is 7.20. The van der Waals surface area contributed by atoms with Crippen molar-refractivity contribution in [1.82, 2.24) is 0 Å². The van der Waals surface area contributed by atoms with Gasteiger partial charge in [0.05, 0.1) is 0 Å². The van der Waals surface area contributed by atoms with Gasteiger partial charge >= 0.3 is 0 Å². The average Bonchev–Trinajstić information content (AvgIpc) is 2.19. The lowest BCUT2D eigenvalue weighted by molar-refractivity contribution is 0.428. The van der Waals surface area contributed by atoms with Gasteiger partial charge in [-0.2, -0.15) is 0 Å². The molecule has 15 heavy (non-hydrogen) atoms. The molecule has 0 aliphatic carbocycles. The lowest BCUT2D eigenvalue weighted by Crippen LogP contribution is -2.31. The second-order valence-corrected chi connectivity index (χ2v) is 8.94. The molecule has 1 aromatic rings. The van der Waals surface area contributed by atoms with Crippen LogP contribution in [0.4, 0.5) is 0 Å². The Morgan fingerprint density at radius 1 is 1.40 bits per heavy atom. The van der Waals surface area contributed by atoms with Gasteiger partial charge in [-0.05, 0) is 28.7 Å². The number of rotatable bonds is 6. The van der Waals surface area contributed by atoms with Crippen LogP contribution in [0.1, 0.15) is 12.5 Å². The predicted octanol–water partition coefficient (Wildman–Crippen LogP) is 3.44. The van der Waals surface area contributed by atoms with Gasteiger partial charge in [0, 0.05) is 11.5 Å². The number of hydrogen-bond acceptors (Lipinski definition) is 4. The molecule has 0 aliphatic heterocycles. The standard InChI is InChI=1S/C10H14OS3Si/c1-10(13-14-12,15-11-2)8-9-6-4-3-5-7-9/h3-7,12H,8H2,1-2H3. The average molecular weight is 275 g/mol. The van der Waals surface area contributed by atoms with Crippen molar-refractivity contribution in [1.29, 1.82) is 0 Å². The summed E-state index contributed by atoms with van der Waals surface area (Å²) in [5, 5.41) is 0. The number of hydrogen-bond donors (Lipinski definition) is 1. The number of thiol groups is 1. The minimum Gasteiger partial charge on any atom is -0.419 e. The van der Waals surface area contributed by atoms with Crippen LogP contribution in [-0.4, -0.2) is 21.2 Å². The molecule has 5 heteroatoms. The zero-order valence-electron chi connectivity index (χ0n) is 8.77. The molecule has 1 aromatic carbocycles. The molecule has 0 amide bonds. The summed E-state index contributed by atoms with van der Waals surface area (Å²) in [5.74, 6) is 0. The van der Waals surface area contributed by atoms with Crippen molar-refractivity contribution in [3.63, 3.8) is 0 Å². The third kappa shape index (κ3) is 4.87. The van der Waals surface area contributed by atoms with Crippen molar-refractivity contribution >= 4 is 42.0 Å². The zero-order chi connectivity index (χ0) is 11.1. The normalized spacial score (nSPS) is 14.9. The summed E-state index contributed by atoms with van der Waals surface area (Å²) < 4.78 is 5.41. The lowest BCUT2D eigenvalue weighted by Gasteiger charge is -2.25. The monoisotopic (exact) mass is 274 g/mol. The van der Waals surface area contributed by atoms with Gasteiger partial charge in [-0.3, -0.25) is 0 Å². The van der Waals surface area contributed by atoms with Crippen molar-refractivity contribution in [3.05, 3.63) is 35.9 Å². The van der Waals surface area contributed by atoms with Crippen LogP contribution in [0.3, 0.4) is 0 Å². The van der Waals surface area contributed by atoms with Crippen molar-refractivity contribution in [2.75, 3.05) is 7.11 Å². The first kappa shape index (κ1) is 13.5. The molecule has 1 unspecified atom stereocenters. The number of benzene rings is 1. The van der Waals surface area contributed by atoms with Gasteiger partial charge in [-0.25, -0.2) is 0 Å². The molecular formula is C10H14OS3Si. The molecule has 1 rings (SSSR count). The molecule has 0 saturated carbocycles. The molecule has 0 spiro atoms. The van der Waals surface area contributed by atoms with Crippen LogP contribution in [0.5, 0.6) is 0 Å².